The first-order valence-corrected chi connectivity index (χ1v) is 11.2. The second-order valence-electron chi connectivity index (χ2n) is 8.33. The van der Waals surface area contributed by atoms with Gasteiger partial charge in [0, 0.05) is 33.0 Å². The lowest BCUT2D eigenvalue weighted by atomic mass is 10.2. The molecule has 3 rings (SSSR count). The van der Waals surface area contributed by atoms with Crippen LogP contribution in [0.3, 0.4) is 0 Å². The number of H-pyrrole nitrogens is 1. The van der Waals surface area contributed by atoms with Crippen LogP contribution in [0.2, 0.25) is 0 Å². The van der Waals surface area contributed by atoms with Gasteiger partial charge in [-0.2, -0.15) is 5.10 Å². The summed E-state index contributed by atoms with van der Waals surface area (Å²) in [4.78, 5) is 61.8. The molecule has 0 aromatic carbocycles. The van der Waals surface area contributed by atoms with E-state index in [2.05, 4.69) is 25.4 Å². The number of carbonyl (C=O) groups is 2. The maximum atomic E-state index is 13.1. The Hall–Kier alpha value is -4.33. The van der Waals surface area contributed by atoms with Gasteiger partial charge in [0.25, 0.3) is 5.56 Å². The Morgan fingerprint density at radius 1 is 1.25 bits per heavy atom. The Morgan fingerprint density at radius 2 is 2.03 bits per heavy atom. The Morgan fingerprint density at radius 3 is 2.64 bits per heavy atom. The molecular formula is C22H29N9O5. The number of nitrogens with two attached hydrogens (primary N) is 1. The van der Waals surface area contributed by atoms with Crippen LogP contribution in [0.1, 0.15) is 26.7 Å². The van der Waals surface area contributed by atoms with Crippen LogP contribution in [0.25, 0.3) is 5.82 Å². The van der Waals surface area contributed by atoms with Gasteiger partial charge in [0.2, 0.25) is 11.8 Å². The molecule has 192 valence electrons. The zero-order chi connectivity index (χ0) is 26.2. The molecule has 0 fully saturated rings. The molecule has 4 N–H and O–H groups in total. The number of nitrogens with zero attached hydrogens (tertiary/aromatic N) is 6. The number of amides is 2. The van der Waals surface area contributed by atoms with Gasteiger partial charge >= 0.3 is 5.69 Å². The van der Waals surface area contributed by atoms with Crippen molar-refractivity contribution in [3.63, 3.8) is 0 Å². The third-order valence-corrected chi connectivity index (χ3v) is 5.10. The Kier molecular flexibility index (Phi) is 8.67. The van der Waals surface area contributed by atoms with E-state index in [0.717, 1.165) is 4.90 Å². The Labute approximate surface area is 206 Å². The average Bonchev–Trinajstić information content (AvgIpc) is 3.37. The quantitative estimate of drug-likeness (QED) is 0.330. The average molecular weight is 500 g/mol. The Bertz CT molecular complexity index is 1300. The van der Waals surface area contributed by atoms with Crippen molar-refractivity contribution in [1.82, 2.24) is 29.3 Å². The minimum absolute atomic E-state index is 0.0117. The minimum atomic E-state index is -0.787. The van der Waals surface area contributed by atoms with Crippen molar-refractivity contribution in [2.75, 3.05) is 36.2 Å². The number of carbonyl (C=O) groups excluding carboxylic acids is 2. The topological polar surface area (TPSA) is 183 Å². The van der Waals surface area contributed by atoms with Crippen molar-refractivity contribution in [3.8, 4) is 5.82 Å². The summed E-state index contributed by atoms with van der Waals surface area (Å²) in [7, 11) is 1.45. The molecule has 36 heavy (non-hydrogen) atoms. The third-order valence-electron chi connectivity index (χ3n) is 5.10. The summed E-state index contributed by atoms with van der Waals surface area (Å²) >= 11 is 0. The molecule has 2 amide bonds. The van der Waals surface area contributed by atoms with Crippen LogP contribution in [-0.2, 0) is 20.9 Å². The lowest BCUT2D eigenvalue weighted by molar-refractivity contribution is -0.122. The second-order valence-corrected chi connectivity index (χ2v) is 8.33. The molecule has 0 saturated heterocycles. The molecule has 0 aliphatic carbocycles. The number of ether oxygens (including phenoxy) is 1. The van der Waals surface area contributed by atoms with Gasteiger partial charge in [-0.25, -0.2) is 19.4 Å². The van der Waals surface area contributed by atoms with E-state index in [1.165, 1.54) is 35.2 Å². The summed E-state index contributed by atoms with van der Waals surface area (Å²) in [5.41, 5.74) is 5.01. The number of pyridine rings is 1. The van der Waals surface area contributed by atoms with Gasteiger partial charge in [-0.05, 0) is 18.1 Å². The smallest absolute Gasteiger partial charge is 0.330 e. The van der Waals surface area contributed by atoms with Gasteiger partial charge in [0.1, 0.15) is 18.5 Å². The number of nitrogen functional groups attached to an aromatic ring is 1. The van der Waals surface area contributed by atoms with E-state index in [-0.39, 0.29) is 50.0 Å². The highest BCUT2D eigenvalue weighted by atomic mass is 16.5. The highest BCUT2D eigenvalue weighted by Crippen LogP contribution is 2.19. The van der Waals surface area contributed by atoms with Gasteiger partial charge in [-0.15, -0.1) is 0 Å². The number of aromatic amines is 1. The van der Waals surface area contributed by atoms with Gasteiger partial charge in [-0.1, -0.05) is 13.8 Å². The van der Waals surface area contributed by atoms with Crippen LogP contribution in [0.15, 0.2) is 40.6 Å². The van der Waals surface area contributed by atoms with E-state index < -0.39 is 23.1 Å². The van der Waals surface area contributed by atoms with Crippen LogP contribution < -0.4 is 27.2 Å². The number of rotatable bonds is 11. The molecule has 14 nitrogen and oxygen atoms in total. The van der Waals surface area contributed by atoms with Crippen LogP contribution in [0.4, 0.5) is 17.2 Å². The third kappa shape index (κ3) is 6.41. The molecule has 0 aliphatic heterocycles. The molecule has 0 unspecified atom stereocenters. The number of nitrogens with one attached hydrogen (secondary N) is 2. The van der Waals surface area contributed by atoms with Crippen molar-refractivity contribution >= 4 is 29.0 Å². The normalized spacial score (nSPS) is 11.0. The van der Waals surface area contributed by atoms with E-state index in [9.17, 15) is 19.2 Å². The summed E-state index contributed by atoms with van der Waals surface area (Å²) in [6.45, 7) is 4.16. The number of methoxy groups -OCH3 is 1. The first-order valence-electron chi connectivity index (χ1n) is 11.2. The van der Waals surface area contributed by atoms with Crippen molar-refractivity contribution in [2.24, 2.45) is 5.92 Å². The number of anilines is 3. The zero-order valence-corrected chi connectivity index (χ0v) is 20.3. The summed E-state index contributed by atoms with van der Waals surface area (Å²) in [5.74, 6) is -0.470. The zero-order valence-electron chi connectivity index (χ0n) is 20.3. The van der Waals surface area contributed by atoms with Crippen LogP contribution in [-0.4, -0.2) is 61.4 Å². The van der Waals surface area contributed by atoms with Gasteiger partial charge in [0.15, 0.2) is 11.5 Å². The molecule has 0 aliphatic rings. The fourth-order valence-electron chi connectivity index (χ4n) is 3.43. The fraction of sp³-hybridized carbons (Fsp3) is 0.409. The summed E-state index contributed by atoms with van der Waals surface area (Å²) in [6.07, 6.45) is 3.97. The summed E-state index contributed by atoms with van der Waals surface area (Å²) < 4.78 is 7.76. The molecule has 3 heterocycles. The van der Waals surface area contributed by atoms with Gasteiger partial charge in [-0.3, -0.25) is 23.9 Å². The lowest BCUT2D eigenvalue weighted by Gasteiger charge is -2.24. The second kappa shape index (κ2) is 11.9. The molecule has 0 bridgehead atoms. The van der Waals surface area contributed by atoms with E-state index in [4.69, 9.17) is 10.5 Å². The molecular weight excluding hydrogens is 470 g/mol. The Balaban J connectivity index is 1.72. The van der Waals surface area contributed by atoms with E-state index >= 15 is 0 Å². The largest absolute Gasteiger partial charge is 0.383 e. The van der Waals surface area contributed by atoms with E-state index in [1.807, 2.05) is 13.8 Å². The molecule has 0 atom stereocenters. The number of hydrogen-bond donors (Lipinski definition) is 3. The molecule has 14 heteroatoms. The maximum absolute atomic E-state index is 13.1. The highest BCUT2D eigenvalue weighted by Gasteiger charge is 2.24. The van der Waals surface area contributed by atoms with E-state index in [1.54, 1.807) is 12.1 Å². The van der Waals surface area contributed by atoms with Crippen molar-refractivity contribution in [2.45, 2.75) is 33.2 Å². The fourth-order valence-corrected chi connectivity index (χ4v) is 3.43. The van der Waals surface area contributed by atoms with Crippen LogP contribution >= 0.6 is 0 Å². The predicted molar refractivity (Wildman–Crippen MR) is 132 cm³/mol. The maximum Gasteiger partial charge on any atom is 0.330 e. The SMILES string of the molecule is COCCN(C(=O)CCC(=O)Nc1ccc(-n2cncn2)nc1)c1c(N)n(CC(C)C)c(=O)[nH]c1=O. The van der Waals surface area contributed by atoms with Crippen LogP contribution in [0.5, 0.6) is 0 Å². The van der Waals surface area contributed by atoms with Gasteiger partial charge < -0.3 is 20.7 Å². The highest BCUT2D eigenvalue weighted by molar-refractivity contribution is 5.99. The van der Waals surface area contributed by atoms with E-state index in [0.29, 0.717) is 11.5 Å². The monoisotopic (exact) mass is 499 g/mol. The molecule has 0 saturated carbocycles. The summed E-state index contributed by atoms with van der Waals surface area (Å²) in [5, 5.41) is 6.65. The van der Waals surface area contributed by atoms with Crippen molar-refractivity contribution < 1.29 is 14.3 Å². The predicted octanol–water partition coefficient (Wildman–Crippen LogP) is 0.149. The minimum Gasteiger partial charge on any atom is -0.383 e. The van der Waals surface area contributed by atoms with Gasteiger partial charge in [0.05, 0.1) is 18.5 Å². The van der Waals surface area contributed by atoms with Crippen LogP contribution in [0, 0.1) is 5.92 Å². The molecule has 0 radical (unpaired) electrons. The summed E-state index contributed by atoms with van der Waals surface area (Å²) in [6, 6.07) is 3.30. The first-order chi connectivity index (χ1) is 17.2. The standard InChI is InChI=1S/C22H29N9O5/c1-14(2)11-30-20(23)19(21(34)28-22(30)35)29(8-9-36-3)18(33)7-6-17(32)27-15-4-5-16(25-10-15)31-13-24-12-26-31/h4-5,10,12-14H,6-9,11,23H2,1-3H3,(H,27,32)(H,28,34,35). The van der Waals surface area contributed by atoms with Crippen molar-refractivity contribution in [3.05, 3.63) is 51.8 Å². The lowest BCUT2D eigenvalue weighted by Crippen LogP contribution is -2.43. The van der Waals surface area contributed by atoms with Crippen molar-refractivity contribution in [1.29, 1.82) is 0 Å². The number of aromatic nitrogens is 6. The number of hydrogen-bond acceptors (Lipinski definition) is 9. The molecule has 0 spiro atoms. The molecule has 3 aromatic rings. The first kappa shape index (κ1) is 26.3. The molecule has 3 aromatic heterocycles.